The van der Waals surface area contributed by atoms with E-state index in [2.05, 4.69) is 11.1 Å². The number of hydrogen-bond donors (Lipinski definition) is 1. The molecule has 0 atom stereocenters. The Morgan fingerprint density at radius 1 is 1.48 bits per heavy atom. The van der Waals surface area contributed by atoms with Gasteiger partial charge in [0.25, 0.3) is 11.6 Å². The van der Waals surface area contributed by atoms with Gasteiger partial charge in [-0.3, -0.25) is 19.8 Å². The van der Waals surface area contributed by atoms with Crippen molar-refractivity contribution >= 4 is 17.4 Å². The molecular formula is C12H14N6O3. The molecule has 0 aliphatic carbocycles. The predicted molar refractivity (Wildman–Crippen MR) is 73.7 cm³/mol. The molecule has 21 heavy (non-hydrogen) atoms. The second-order valence-electron chi connectivity index (χ2n) is 4.61. The normalized spacial score (nSPS) is 15.5. The van der Waals surface area contributed by atoms with Gasteiger partial charge in [0.1, 0.15) is 12.0 Å². The maximum Gasteiger partial charge on any atom is 0.288 e. The van der Waals surface area contributed by atoms with Crippen LogP contribution >= 0.6 is 0 Å². The summed E-state index contributed by atoms with van der Waals surface area (Å²) in [5.41, 5.74) is 5.06. The number of nitrogens with two attached hydrogens (primary N) is 1. The molecule has 2 N–H and O–H groups in total. The van der Waals surface area contributed by atoms with Crippen LogP contribution in [0.25, 0.3) is 0 Å². The third-order valence-electron chi connectivity index (χ3n) is 3.29. The Kier molecular flexibility index (Phi) is 4.30. The molecule has 1 saturated heterocycles. The van der Waals surface area contributed by atoms with Crippen LogP contribution in [-0.4, -0.2) is 53.4 Å². The number of rotatable bonds is 4. The van der Waals surface area contributed by atoms with E-state index in [0.717, 1.165) is 12.3 Å². The number of carbonyl (C=O) groups excluding carboxylic acids is 1. The van der Waals surface area contributed by atoms with Crippen LogP contribution in [0.1, 0.15) is 10.4 Å². The van der Waals surface area contributed by atoms with Gasteiger partial charge in [0.2, 0.25) is 0 Å². The monoisotopic (exact) mass is 290 g/mol. The number of anilines is 1. The van der Waals surface area contributed by atoms with Gasteiger partial charge in [0.15, 0.2) is 0 Å². The van der Waals surface area contributed by atoms with Gasteiger partial charge in [0, 0.05) is 32.2 Å². The number of hydrogen-bond acceptors (Lipinski definition) is 7. The molecule has 1 aliphatic heterocycles. The summed E-state index contributed by atoms with van der Waals surface area (Å²) in [6.07, 6.45) is 1.11. The summed E-state index contributed by atoms with van der Waals surface area (Å²) in [4.78, 5) is 29.4. The van der Waals surface area contributed by atoms with Crippen LogP contribution in [0.2, 0.25) is 0 Å². The van der Waals surface area contributed by atoms with Crippen LogP contribution in [0.4, 0.5) is 11.5 Å². The highest BCUT2D eigenvalue weighted by Gasteiger charge is 2.23. The highest BCUT2D eigenvalue weighted by molar-refractivity contribution is 5.98. The van der Waals surface area contributed by atoms with E-state index in [1.807, 2.05) is 9.80 Å². The molecule has 1 aromatic heterocycles. The Labute approximate surface area is 120 Å². The van der Waals surface area contributed by atoms with E-state index in [4.69, 9.17) is 11.0 Å². The minimum absolute atomic E-state index is 0.0398. The second kappa shape index (κ2) is 6.15. The van der Waals surface area contributed by atoms with Gasteiger partial charge in [-0.25, -0.2) is 4.98 Å². The largest absolute Gasteiger partial charge is 0.365 e. The number of primary amides is 1. The third-order valence-corrected chi connectivity index (χ3v) is 3.29. The van der Waals surface area contributed by atoms with Gasteiger partial charge in [-0.05, 0) is 0 Å². The number of amides is 1. The summed E-state index contributed by atoms with van der Waals surface area (Å²) in [5.74, 6) is -0.398. The molecule has 1 amide bonds. The van der Waals surface area contributed by atoms with Gasteiger partial charge < -0.3 is 10.6 Å². The van der Waals surface area contributed by atoms with Crippen LogP contribution < -0.4 is 10.6 Å². The highest BCUT2D eigenvalue weighted by atomic mass is 16.6. The number of nitrogens with zero attached hydrogens (tertiary/aromatic N) is 5. The van der Waals surface area contributed by atoms with Gasteiger partial charge in [-0.15, -0.1) is 0 Å². The van der Waals surface area contributed by atoms with E-state index >= 15 is 0 Å². The Morgan fingerprint density at radius 2 is 2.14 bits per heavy atom. The molecule has 0 aromatic carbocycles. The fourth-order valence-electron chi connectivity index (χ4n) is 2.20. The summed E-state index contributed by atoms with van der Waals surface area (Å²) in [5, 5.41) is 19.4. The lowest BCUT2D eigenvalue weighted by Gasteiger charge is -2.34. The summed E-state index contributed by atoms with van der Waals surface area (Å²) >= 11 is 0. The lowest BCUT2D eigenvalue weighted by molar-refractivity contribution is -0.385. The van der Waals surface area contributed by atoms with Crippen LogP contribution in [0.5, 0.6) is 0 Å². The lowest BCUT2D eigenvalue weighted by Crippen LogP contribution is -2.47. The molecule has 0 unspecified atom stereocenters. The molecule has 2 heterocycles. The van der Waals surface area contributed by atoms with Crippen molar-refractivity contribution in [3.63, 3.8) is 0 Å². The fraction of sp³-hybridized carbons (Fsp3) is 0.417. The molecule has 110 valence electrons. The first kappa shape index (κ1) is 14.7. The molecule has 0 spiro atoms. The summed E-state index contributed by atoms with van der Waals surface area (Å²) in [7, 11) is 0. The molecule has 2 rings (SSSR count). The number of pyridine rings is 1. The van der Waals surface area contributed by atoms with Crippen molar-refractivity contribution in [2.24, 2.45) is 5.73 Å². The van der Waals surface area contributed by atoms with E-state index in [1.165, 1.54) is 0 Å². The maximum atomic E-state index is 11.5. The van der Waals surface area contributed by atoms with Crippen molar-refractivity contribution in [2.75, 3.05) is 37.6 Å². The summed E-state index contributed by atoms with van der Waals surface area (Å²) < 4.78 is 0. The van der Waals surface area contributed by atoms with E-state index in [-0.39, 0.29) is 11.3 Å². The third kappa shape index (κ3) is 3.24. The van der Waals surface area contributed by atoms with Crippen molar-refractivity contribution in [2.45, 2.75) is 0 Å². The van der Waals surface area contributed by atoms with E-state index in [1.54, 1.807) is 0 Å². The molecule has 0 bridgehead atoms. The van der Waals surface area contributed by atoms with Crippen molar-refractivity contribution in [3.05, 3.63) is 27.9 Å². The van der Waals surface area contributed by atoms with E-state index in [0.29, 0.717) is 38.5 Å². The smallest absolute Gasteiger partial charge is 0.288 e. The van der Waals surface area contributed by atoms with Gasteiger partial charge in [-0.2, -0.15) is 5.26 Å². The zero-order valence-electron chi connectivity index (χ0n) is 11.2. The average molecular weight is 290 g/mol. The summed E-state index contributed by atoms with van der Waals surface area (Å²) in [6.45, 7) is 2.82. The summed E-state index contributed by atoms with van der Waals surface area (Å²) in [6, 6.07) is 3.23. The second-order valence-corrected chi connectivity index (χ2v) is 4.61. The molecule has 1 aliphatic rings. The topological polar surface area (TPSA) is 129 Å². The number of carbonyl (C=O) groups is 1. The molecule has 0 radical (unpaired) electrons. The lowest BCUT2D eigenvalue weighted by atomic mass is 10.2. The number of nitro groups is 1. The van der Waals surface area contributed by atoms with Gasteiger partial charge in [0.05, 0.1) is 23.1 Å². The number of nitriles is 1. The van der Waals surface area contributed by atoms with Crippen molar-refractivity contribution in [1.29, 1.82) is 5.26 Å². The van der Waals surface area contributed by atoms with Crippen LogP contribution in [0.15, 0.2) is 12.3 Å². The fourth-order valence-corrected chi connectivity index (χ4v) is 2.20. The van der Waals surface area contributed by atoms with Crippen molar-refractivity contribution in [3.8, 4) is 6.07 Å². The average Bonchev–Trinajstić information content (AvgIpc) is 2.47. The van der Waals surface area contributed by atoms with Crippen molar-refractivity contribution in [1.82, 2.24) is 9.88 Å². The first-order valence-corrected chi connectivity index (χ1v) is 6.31. The van der Waals surface area contributed by atoms with E-state index in [9.17, 15) is 14.9 Å². The molecule has 0 saturated carbocycles. The molecule has 1 fully saturated rings. The predicted octanol–water partition coefficient (Wildman–Crippen LogP) is -0.266. The van der Waals surface area contributed by atoms with Crippen LogP contribution in [0, 0.1) is 21.4 Å². The number of aromatic nitrogens is 1. The Bertz CT molecular complexity index is 604. The quantitative estimate of drug-likeness (QED) is 0.459. The molecule has 9 heteroatoms. The minimum Gasteiger partial charge on any atom is -0.365 e. The van der Waals surface area contributed by atoms with Crippen LogP contribution in [-0.2, 0) is 0 Å². The Hall–Kier alpha value is -2.73. The Morgan fingerprint density at radius 3 is 2.67 bits per heavy atom. The Balaban J connectivity index is 2.22. The van der Waals surface area contributed by atoms with Crippen LogP contribution in [0.3, 0.4) is 0 Å². The van der Waals surface area contributed by atoms with Gasteiger partial charge in [-0.1, -0.05) is 0 Å². The first-order valence-electron chi connectivity index (χ1n) is 6.31. The molecular weight excluding hydrogens is 276 g/mol. The molecule has 9 nitrogen and oxygen atoms in total. The SMILES string of the molecule is N#CCN1CCN(c2ncc([N+](=O)[O-])cc2C(N)=O)CC1. The maximum absolute atomic E-state index is 11.5. The highest BCUT2D eigenvalue weighted by Crippen LogP contribution is 2.23. The molecule has 1 aromatic rings. The zero-order valence-corrected chi connectivity index (χ0v) is 11.2. The van der Waals surface area contributed by atoms with E-state index < -0.39 is 10.8 Å². The zero-order chi connectivity index (χ0) is 15.4. The van der Waals surface area contributed by atoms with Gasteiger partial charge >= 0.3 is 0 Å². The van der Waals surface area contributed by atoms with Crippen molar-refractivity contribution < 1.29 is 9.72 Å². The number of piperazine rings is 1. The standard InChI is InChI=1S/C12H14N6O3/c13-1-2-16-3-5-17(6-4-16)12-10(11(14)19)7-9(8-15-12)18(20)21/h7-8H,2-6H2,(H2,14,19). The minimum atomic E-state index is -0.749. The first-order chi connectivity index (χ1) is 10.0.